The highest BCUT2D eigenvalue weighted by molar-refractivity contribution is 6.06. The monoisotopic (exact) mass is 332 g/mol. The van der Waals surface area contributed by atoms with Gasteiger partial charge in [-0.2, -0.15) is 0 Å². The van der Waals surface area contributed by atoms with Crippen LogP contribution >= 0.6 is 0 Å². The lowest BCUT2D eigenvalue weighted by atomic mass is 10.1. The maximum atomic E-state index is 12.9. The fraction of sp³-hybridized carbons (Fsp3) is 0.190. The van der Waals surface area contributed by atoms with E-state index in [0.29, 0.717) is 18.8 Å². The van der Waals surface area contributed by atoms with E-state index >= 15 is 0 Å². The molecule has 2 aromatic carbocycles. The molecule has 0 aliphatic carbocycles. The van der Waals surface area contributed by atoms with E-state index in [-0.39, 0.29) is 5.91 Å². The summed E-state index contributed by atoms with van der Waals surface area (Å²) < 4.78 is 7.54. The molecule has 1 amide bonds. The molecule has 0 saturated heterocycles. The van der Waals surface area contributed by atoms with Crippen LogP contribution in [0.1, 0.15) is 32.9 Å². The Hall–Kier alpha value is -2.85. The van der Waals surface area contributed by atoms with Crippen molar-refractivity contribution in [2.75, 3.05) is 5.32 Å². The van der Waals surface area contributed by atoms with Gasteiger partial charge in [0.1, 0.15) is 0 Å². The summed E-state index contributed by atoms with van der Waals surface area (Å²) in [5, 5.41) is 3.02. The number of nitrogens with zero attached hydrogens (tertiary/aromatic N) is 1. The van der Waals surface area contributed by atoms with Crippen LogP contribution in [0.2, 0.25) is 0 Å². The van der Waals surface area contributed by atoms with Crippen molar-refractivity contribution < 1.29 is 9.53 Å². The molecule has 4 heteroatoms. The Morgan fingerprint density at radius 2 is 1.68 bits per heavy atom. The zero-order valence-corrected chi connectivity index (χ0v) is 14.4. The third kappa shape index (κ3) is 2.85. The van der Waals surface area contributed by atoms with Crippen molar-refractivity contribution in [3.63, 3.8) is 0 Å². The van der Waals surface area contributed by atoms with Crippen LogP contribution in [-0.2, 0) is 18.0 Å². The Balaban J connectivity index is 1.67. The second-order valence-electron chi connectivity index (χ2n) is 6.40. The smallest absolute Gasteiger partial charge is 0.257 e. The molecule has 4 nitrogen and oxygen atoms in total. The Kier molecular flexibility index (Phi) is 3.90. The van der Waals surface area contributed by atoms with E-state index in [0.717, 1.165) is 28.3 Å². The van der Waals surface area contributed by atoms with Crippen molar-refractivity contribution in [2.45, 2.75) is 27.1 Å². The van der Waals surface area contributed by atoms with E-state index in [9.17, 15) is 4.79 Å². The van der Waals surface area contributed by atoms with Gasteiger partial charge in [-0.15, -0.1) is 0 Å². The van der Waals surface area contributed by atoms with Gasteiger partial charge in [-0.25, -0.2) is 0 Å². The van der Waals surface area contributed by atoms with Gasteiger partial charge in [0.25, 0.3) is 5.91 Å². The molecule has 0 atom stereocenters. The third-order valence-electron chi connectivity index (χ3n) is 4.64. The summed E-state index contributed by atoms with van der Waals surface area (Å²) in [7, 11) is 0. The first-order valence-electron chi connectivity index (χ1n) is 8.39. The van der Waals surface area contributed by atoms with Crippen molar-refractivity contribution in [3.8, 4) is 5.69 Å². The molecule has 1 N–H and O–H groups in total. The van der Waals surface area contributed by atoms with E-state index in [1.54, 1.807) is 0 Å². The van der Waals surface area contributed by atoms with Crippen molar-refractivity contribution in [1.82, 2.24) is 4.57 Å². The van der Waals surface area contributed by atoms with Crippen LogP contribution in [0.25, 0.3) is 5.69 Å². The summed E-state index contributed by atoms with van der Waals surface area (Å²) in [4.78, 5) is 12.9. The summed E-state index contributed by atoms with van der Waals surface area (Å²) in [5.74, 6) is -0.109. The second kappa shape index (κ2) is 6.22. The number of ether oxygens (including phenoxy) is 1. The fourth-order valence-corrected chi connectivity index (χ4v) is 3.36. The molecular weight excluding hydrogens is 312 g/mol. The first-order chi connectivity index (χ1) is 12.1. The number of hydrogen-bond donors (Lipinski definition) is 1. The maximum absolute atomic E-state index is 12.9. The standard InChI is InChI=1S/C21H20N2O2/c1-14-7-8-15(2)23(14)20-6-4-3-5-19(20)21(24)22-18-10-9-16-12-25-13-17(16)11-18/h3-11H,12-13H2,1-2H3,(H,22,24). The third-order valence-corrected chi connectivity index (χ3v) is 4.64. The van der Waals surface area contributed by atoms with Crippen molar-refractivity contribution in [1.29, 1.82) is 0 Å². The number of amides is 1. The number of aromatic nitrogens is 1. The molecule has 1 aromatic heterocycles. The van der Waals surface area contributed by atoms with Crippen LogP contribution in [0.15, 0.2) is 54.6 Å². The minimum Gasteiger partial charge on any atom is -0.372 e. The lowest BCUT2D eigenvalue weighted by Crippen LogP contribution is -2.16. The highest BCUT2D eigenvalue weighted by Gasteiger charge is 2.16. The molecule has 2 heterocycles. The molecule has 0 unspecified atom stereocenters. The van der Waals surface area contributed by atoms with E-state index in [2.05, 4.69) is 22.0 Å². The van der Waals surface area contributed by atoms with Crippen LogP contribution in [0, 0.1) is 13.8 Å². The largest absolute Gasteiger partial charge is 0.372 e. The van der Waals surface area contributed by atoms with E-state index in [1.807, 2.05) is 56.3 Å². The van der Waals surface area contributed by atoms with Gasteiger partial charge in [0, 0.05) is 17.1 Å². The molecule has 0 bridgehead atoms. The normalized spacial score (nSPS) is 12.9. The number of benzene rings is 2. The molecule has 1 aliphatic heterocycles. The topological polar surface area (TPSA) is 43.3 Å². The van der Waals surface area contributed by atoms with Crippen LogP contribution in [-0.4, -0.2) is 10.5 Å². The quantitative estimate of drug-likeness (QED) is 0.773. The predicted octanol–water partition coefficient (Wildman–Crippen LogP) is 4.38. The number of anilines is 1. The molecule has 25 heavy (non-hydrogen) atoms. The zero-order chi connectivity index (χ0) is 17.4. The van der Waals surface area contributed by atoms with Gasteiger partial charge >= 0.3 is 0 Å². The molecular formula is C21H20N2O2. The highest BCUT2D eigenvalue weighted by atomic mass is 16.5. The maximum Gasteiger partial charge on any atom is 0.257 e. The van der Waals surface area contributed by atoms with Crippen LogP contribution < -0.4 is 5.32 Å². The second-order valence-corrected chi connectivity index (χ2v) is 6.40. The van der Waals surface area contributed by atoms with Gasteiger partial charge in [0.05, 0.1) is 24.5 Å². The number of para-hydroxylation sites is 1. The molecule has 0 fully saturated rings. The van der Waals surface area contributed by atoms with Crippen molar-refractivity contribution in [3.05, 3.63) is 82.7 Å². The van der Waals surface area contributed by atoms with Crippen molar-refractivity contribution in [2.24, 2.45) is 0 Å². The van der Waals surface area contributed by atoms with Gasteiger partial charge in [-0.05, 0) is 61.4 Å². The SMILES string of the molecule is Cc1ccc(C)n1-c1ccccc1C(=O)Nc1ccc2c(c1)COC2. The van der Waals surface area contributed by atoms with Crippen molar-refractivity contribution >= 4 is 11.6 Å². The minimum atomic E-state index is -0.109. The molecule has 4 rings (SSSR count). The summed E-state index contributed by atoms with van der Waals surface area (Å²) in [6, 6.07) is 17.8. The highest BCUT2D eigenvalue weighted by Crippen LogP contribution is 2.25. The van der Waals surface area contributed by atoms with E-state index in [1.165, 1.54) is 5.56 Å². The summed E-state index contributed by atoms with van der Waals surface area (Å²) in [5.41, 5.74) is 6.89. The first-order valence-corrected chi connectivity index (χ1v) is 8.39. The Labute approximate surface area is 147 Å². The Morgan fingerprint density at radius 1 is 0.960 bits per heavy atom. The Morgan fingerprint density at radius 3 is 2.48 bits per heavy atom. The van der Waals surface area contributed by atoms with Gasteiger partial charge < -0.3 is 14.6 Å². The van der Waals surface area contributed by atoms with Gasteiger partial charge in [-0.1, -0.05) is 18.2 Å². The van der Waals surface area contributed by atoms with Crippen LogP contribution in [0.4, 0.5) is 5.69 Å². The lowest BCUT2D eigenvalue weighted by molar-refractivity contribution is 0.102. The summed E-state index contributed by atoms with van der Waals surface area (Å²) in [6.45, 7) is 5.35. The number of rotatable bonds is 3. The fourth-order valence-electron chi connectivity index (χ4n) is 3.36. The van der Waals surface area contributed by atoms with Gasteiger partial charge in [-0.3, -0.25) is 4.79 Å². The zero-order valence-electron chi connectivity index (χ0n) is 14.4. The summed E-state index contributed by atoms with van der Waals surface area (Å²) >= 11 is 0. The number of carbonyl (C=O) groups is 1. The minimum absolute atomic E-state index is 0.109. The van der Waals surface area contributed by atoms with Gasteiger partial charge in [0.15, 0.2) is 0 Å². The number of nitrogens with one attached hydrogen (secondary N) is 1. The van der Waals surface area contributed by atoms with Crippen LogP contribution in [0.3, 0.4) is 0 Å². The Bertz CT molecular complexity index is 937. The number of carbonyl (C=O) groups excluding carboxylic acids is 1. The molecule has 0 spiro atoms. The number of aryl methyl sites for hydroxylation is 2. The molecule has 126 valence electrons. The van der Waals surface area contributed by atoms with Gasteiger partial charge in [0.2, 0.25) is 0 Å². The first kappa shape index (κ1) is 15.7. The molecule has 0 saturated carbocycles. The average Bonchev–Trinajstić information content (AvgIpc) is 3.21. The average molecular weight is 332 g/mol. The van der Waals surface area contributed by atoms with Crippen LogP contribution in [0.5, 0.6) is 0 Å². The van der Waals surface area contributed by atoms with E-state index in [4.69, 9.17) is 4.74 Å². The molecule has 1 aliphatic rings. The lowest BCUT2D eigenvalue weighted by Gasteiger charge is -2.15. The number of hydrogen-bond acceptors (Lipinski definition) is 2. The summed E-state index contributed by atoms with van der Waals surface area (Å²) in [6.07, 6.45) is 0. The molecule has 0 radical (unpaired) electrons. The number of fused-ring (bicyclic) bond motifs is 1. The molecule has 3 aromatic rings. The van der Waals surface area contributed by atoms with E-state index < -0.39 is 0 Å². The predicted molar refractivity (Wildman–Crippen MR) is 98.1 cm³/mol.